The van der Waals surface area contributed by atoms with Gasteiger partial charge in [-0.15, -0.1) is 0 Å². The summed E-state index contributed by atoms with van der Waals surface area (Å²) >= 11 is 0. The molecule has 0 aromatic rings. The number of rotatable bonds is 6. The first-order valence-corrected chi connectivity index (χ1v) is 13.7. The molecule has 4 fully saturated rings. The fourth-order valence-corrected chi connectivity index (χ4v) is 7.73. The van der Waals surface area contributed by atoms with E-state index in [-0.39, 0.29) is 5.41 Å². The van der Waals surface area contributed by atoms with Gasteiger partial charge in [0.2, 0.25) is 0 Å². The number of nitrogens with zero attached hydrogens (tertiary/aromatic N) is 2. The van der Waals surface area contributed by atoms with Gasteiger partial charge in [-0.2, -0.15) is 0 Å². The molecule has 0 amide bonds. The first kappa shape index (κ1) is 27.2. The molecule has 6 atom stereocenters. The second-order valence-electron chi connectivity index (χ2n) is 12.0. The maximum Gasteiger partial charge on any atom is 0.139 e. The van der Waals surface area contributed by atoms with Crippen molar-refractivity contribution in [2.45, 2.75) is 91.9 Å². The smallest absolute Gasteiger partial charge is 0.139 e. The number of likely N-dealkylation sites (N-methyl/N-ethyl adjacent to an activating group) is 1. The van der Waals surface area contributed by atoms with Crippen LogP contribution in [0.15, 0.2) is 17.0 Å². The van der Waals surface area contributed by atoms with E-state index in [1.54, 1.807) is 7.11 Å². The summed E-state index contributed by atoms with van der Waals surface area (Å²) in [6, 6.07) is 0. The summed E-state index contributed by atoms with van der Waals surface area (Å²) in [6.45, 7) is 10.6. The highest BCUT2D eigenvalue weighted by molar-refractivity contribution is 5.87. The topological polar surface area (TPSA) is 51.1 Å². The Morgan fingerprint density at radius 2 is 1.88 bits per heavy atom. The predicted octanol–water partition coefficient (Wildman–Crippen LogP) is 6.48. The molecule has 0 heterocycles. The van der Waals surface area contributed by atoms with E-state index >= 15 is 0 Å². The molecule has 0 radical (unpaired) electrons. The Kier molecular flexibility index (Phi) is 9.28. The number of carbonyl (C=O) groups excluding carboxylic acids is 1. The van der Waals surface area contributed by atoms with Crippen molar-refractivity contribution in [2.75, 3.05) is 34.4 Å². The number of ether oxygens (including phenoxy) is 1. The molecule has 0 aliphatic heterocycles. The second kappa shape index (κ2) is 11.6. The molecule has 4 saturated carbocycles. The van der Waals surface area contributed by atoms with E-state index in [9.17, 15) is 4.79 Å². The molecular weight excluding hydrogens is 424 g/mol. The van der Waals surface area contributed by atoms with E-state index in [0.717, 1.165) is 75.2 Å². The van der Waals surface area contributed by atoms with Gasteiger partial charge in [0.15, 0.2) is 0 Å². The summed E-state index contributed by atoms with van der Waals surface area (Å²) < 4.78 is 5.03. The van der Waals surface area contributed by atoms with Crippen molar-refractivity contribution in [3.63, 3.8) is 0 Å². The summed E-state index contributed by atoms with van der Waals surface area (Å²) in [7, 11) is 5.73. The van der Waals surface area contributed by atoms with Gasteiger partial charge in [-0.1, -0.05) is 25.9 Å². The molecular formula is C29H50N2O3. The lowest BCUT2D eigenvalue weighted by molar-refractivity contribution is -0.137. The average molecular weight is 475 g/mol. The lowest BCUT2D eigenvalue weighted by Gasteiger charge is -2.59. The summed E-state index contributed by atoms with van der Waals surface area (Å²) in [5, 5.41) is 4.45. The van der Waals surface area contributed by atoms with Gasteiger partial charge >= 0.3 is 0 Å². The zero-order valence-corrected chi connectivity index (χ0v) is 23.0. The van der Waals surface area contributed by atoms with E-state index in [1.807, 2.05) is 27.1 Å². The van der Waals surface area contributed by atoms with Crippen LogP contribution in [0, 0.1) is 34.5 Å². The second-order valence-corrected chi connectivity index (χ2v) is 12.0. The van der Waals surface area contributed by atoms with Gasteiger partial charge in [-0.05, 0) is 114 Å². The number of carbonyl (C=O) groups is 1. The molecule has 34 heavy (non-hydrogen) atoms. The van der Waals surface area contributed by atoms with Gasteiger partial charge in [-0.25, -0.2) is 0 Å². The third-order valence-corrected chi connectivity index (χ3v) is 9.75. The van der Waals surface area contributed by atoms with Crippen molar-refractivity contribution < 1.29 is 14.4 Å². The molecule has 0 aromatic carbocycles. The minimum absolute atomic E-state index is 0.0135. The third kappa shape index (κ3) is 5.55. The molecule has 5 heteroatoms. The monoisotopic (exact) mass is 474 g/mol. The van der Waals surface area contributed by atoms with Crippen LogP contribution in [0.4, 0.5) is 0 Å². The summed E-state index contributed by atoms with van der Waals surface area (Å²) in [5.41, 5.74) is 1.77. The Labute approximate surface area is 208 Å². The van der Waals surface area contributed by atoms with E-state index in [0.29, 0.717) is 17.1 Å². The van der Waals surface area contributed by atoms with Gasteiger partial charge in [0.1, 0.15) is 18.1 Å². The molecule has 4 rings (SSSR count). The van der Waals surface area contributed by atoms with Crippen molar-refractivity contribution in [1.29, 1.82) is 0 Å². The van der Waals surface area contributed by atoms with Crippen molar-refractivity contribution in [2.24, 2.45) is 39.7 Å². The van der Waals surface area contributed by atoms with Crippen LogP contribution in [0.3, 0.4) is 0 Å². The van der Waals surface area contributed by atoms with Crippen LogP contribution >= 0.6 is 0 Å². The fourth-order valence-electron chi connectivity index (χ4n) is 7.73. The maximum absolute atomic E-state index is 12.5. The van der Waals surface area contributed by atoms with E-state index < -0.39 is 0 Å². The number of ketones is 1. The highest BCUT2D eigenvalue weighted by atomic mass is 16.6. The maximum atomic E-state index is 12.5. The molecule has 4 unspecified atom stereocenters. The number of fused-ring (bicyclic) bond motifs is 5. The lowest BCUT2D eigenvalue weighted by Crippen LogP contribution is -2.53. The standard InChI is InChI=1S/C22H35NO2.C7H15NO/c1-4-13-25-23-16-9-11-21(2)15(14-16)5-6-17-18-7-8-20(24)22(18,3)12-10-19(17)21;1-5-7(9-4)6-8(2)3/h15,17-19H,4-14H2,1-3H3;5H,6H2,1-4H3/b23-16-;7-5-/t15?,17?,18?,19?,21-,22-;/m0./s1. The fraction of sp³-hybridized carbons (Fsp3) is 0.862. The van der Waals surface area contributed by atoms with Crippen LogP contribution in [-0.4, -0.2) is 50.8 Å². The molecule has 0 bridgehead atoms. The Balaban J connectivity index is 0.000000309. The third-order valence-electron chi connectivity index (χ3n) is 9.75. The Hall–Kier alpha value is -1.36. The van der Waals surface area contributed by atoms with Gasteiger partial charge in [-0.3, -0.25) is 4.79 Å². The van der Waals surface area contributed by atoms with Gasteiger partial charge in [0, 0.05) is 11.8 Å². The first-order valence-electron chi connectivity index (χ1n) is 13.7. The van der Waals surface area contributed by atoms with Gasteiger partial charge in [0.05, 0.1) is 19.4 Å². The van der Waals surface area contributed by atoms with Crippen LogP contribution in [0.25, 0.3) is 0 Å². The van der Waals surface area contributed by atoms with Crippen LogP contribution in [-0.2, 0) is 14.4 Å². The molecule has 4 aliphatic rings. The van der Waals surface area contributed by atoms with Crippen LogP contribution in [0.1, 0.15) is 91.9 Å². The van der Waals surface area contributed by atoms with Crippen molar-refractivity contribution in [1.82, 2.24) is 4.90 Å². The van der Waals surface area contributed by atoms with E-state index in [4.69, 9.17) is 9.57 Å². The number of allylic oxidation sites excluding steroid dienone is 1. The van der Waals surface area contributed by atoms with Gasteiger partial charge in [0.25, 0.3) is 0 Å². The molecule has 0 spiro atoms. The number of Topliss-reactive ketones (excluding diaryl/α,β-unsaturated/α-hetero) is 1. The first-order chi connectivity index (χ1) is 16.2. The minimum Gasteiger partial charge on any atom is -0.500 e. The van der Waals surface area contributed by atoms with Crippen LogP contribution < -0.4 is 0 Å². The molecule has 4 aliphatic carbocycles. The Morgan fingerprint density at radius 1 is 1.12 bits per heavy atom. The normalized spacial score (nSPS) is 38.5. The lowest BCUT2D eigenvalue weighted by atomic mass is 9.45. The van der Waals surface area contributed by atoms with Crippen molar-refractivity contribution in [3.8, 4) is 0 Å². The number of hydrogen-bond donors (Lipinski definition) is 0. The van der Waals surface area contributed by atoms with Crippen LogP contribution in [0.2, 0.25) is 0 Å². The molecule has 194 valence electrons. The average Bonchev–Trinajstić information content (AvgIpc) is 3.12. The Morgan fingerprint density at radius 3 is 2.50 bits per heavy atom. The molecule has 5 nitrogen and oxygen atoms in total. The zero-order valence-electron chi connectivity index (χ0n) is 23.0. The van der Waals surface area contributed by atoms with Gasteiger partial charge < -0.3 is 14.5 Å². The largest absolute Gasteiger partial charge is 0.500 e. The highest BCUT2D eigenvalue weighted by Gasteiger charge is 2.60. The molecule has 0 aromatic heterocycles. The summed E-state index contributed by atoms with van der Waals surface area (Å²) in [4.78, 5) is 20.0. The summed E-state index contributed by atoms with van der Waals surface area (Å²) in [5.74, 6) is 4.64. The van der Waals surface area contributed by atoms with Crippen LogP contribution in [0.5, 0.6) is 0 Å². The number of methoxy groups -OCH3 is 1. The van der Waals surface area contributed by atoms with Crippen molar-refractivity contribution >= 4 is 11.5 Å². The Bertz CT molecular complexity index is 760. The molecule has 0 N–H and O–H groups in total. The number of oxime groups is 1. The van der Waals surface area contributed by atoms with E-state index in [1.165, 1.54) is 31.4 Å². The highest BCUT2D eigenvalue weighted by Crippen LogP contribution is 2.65. The van der Waals surface area contributed by atoms with E-state index in [2.05, 4.69) is 30.8 Å². The van der Waals surface area contributed by atoms with Crippen molar-refractivity contribution in [3.05, 3.63) is 11.8 Å². The quantitative estimate of drug-likeness (QED) is 0.251. The zero-order chi connectivity index (χ0) is 24.9. The summed E-state index contributed by atoms with van der Waals surface area (Å²) in [6.07, 6.45) is 13.6. The predicted molar refractivity (Wildman–Crippen MR) is 140 cm³/mol. The molecule has 0 saturated heterocycles. The minimum atomic E-state index is 0.0135. The SMILES string of the molecule is C/C=C(/CN(C)C)OC.CCCO/N=C1/CC[C@@]2(C)C(CCC3C2CC[C@]2(C)C(=O)CCC32)C1. The number of hydrogen-bond acceptors (Lipinski definition) is 5.